The van der Waals surface area contributed by atoms with Gasteiger partial charge in [0.15, 0.2) is 5.78 Å². The van der Waals surface area contributed by atoms with Crippen molar-refractivity contribution in [2.24, 2.45) is 5.92 Å². The van der Waals surface area contributed by atoms with Crippen molar-refractivity contribution in [3.05, 3.63) is 34.9 Å². The number of ketones is 1. The smallest absolute Gasteiger partial charge is 0.153 e. The Labute approximate surface area is 119 Å². The van der Waals surface area contributed by atoms with Gasteiger partial charge in [0.2, 0.25) is 0 Å². The Morgan fingerprint density at radius 2 is 1.84 bits per heavy atom. The summed E-state index contributed by atoms with van der Waals surface area (Å²) in [5.41, 5.74) is 1.31. The molecule has 0 unspecified atom stereocenters. The summed E-state index contributed by atoms with van der Waals surface area (Å²) in [7, 11) is 0. The third-order valence-corrected chi connectivity index (χ3v) is 4.81. The van der Waals surface area contributed by atoms with E-state index in [0.29, 0.717) is 11.7 Å². The number of hydrogen-bond acceptors (Lipinski definition) is 2. The molecule has 2 bridgehead atoms. The molecule has 0 spiro atoms. The first-order chi connectivity index (χ1) is 9.24. The molecule has 3 aliphatic heterocycles. The highest BCUT2D eigenvalue weighted by Gasteiger charge is 2.40. The van der Waals surface area contributed by atoms with Gasteiger partial charge in [0, 0.05) is 10.9 Å². The van der Waals surface area contributed by atoms with Gasteiger partial charge in [-0.3, -0.25) is 9.69 Å². The Kier molecular flexibility index (Phi) is 3.90. The Hall–Kier alpha value is -0.860. The fourth-order valence-electron chi connectivity index (χ4n) is 3.42. The number of carbonyl (C=O) groups excluding carboxylic acids is 1. The number of rotatable bonds is 4. The number of aryl methyl sites for hydroxylation is 1. The Balaban J connectivity index is 1.52. The van der Waals surface area contributed by atoms with E-state index in [9.17, 15) is 4.79 Å². The summed E-state index contributed by atoms with van der Waals surface area (Å²) < 4.78 is 0. The fourth-order valence-corrected chi connectivity index (χ4v) is 3.55. The zero-order valence-electron chi connectivity index (χ0n) is 11.1. The summed E-state index contributed by atoms with van der Waals surface area (Å²) >= 11 is 5.88. The topological polar surface area (TPSA) is 20.3 Å². The molecule has 1 aromatic rings. The minimum atomic E-state index is 0.208. The predicted molar refractivity (Wildman–Crippen MR) is 77.5 cm³/mol. The molecule has 3 fully saturated rings. The minimum Gasteiger partial charge on any atom is -0.298 e. The number of hydrogen-bond donors (Lipinski definition) is 0. The average molecular weight is 278 g/mol. The first kappa shape index (κ1) is 13.1. The van der Waals surface area contributed by atoms with E-state index in [2.05, 4.69) is 17.0 Å². The maximum atomic E-state index is 12.2. The lowest BCUT2D eigenvalue weighted by Crippen LogP contribution is -2.55. The van der Waals surface area contributed by atoms with E-state index in [0.717, 1.165) is 50.2 Å². The lowest BCUT2D eigenvalue weighted by molar-refractivity contribution is -0.137. The molecule has 3 heteroatoms. The van der Waals surface area contributed by atoms with Crippen LogP contribution < -0.4 is 0 Å². The summed E-state index contributed by atoms with van der Waals surface area (Å²) in [4.78, 5) is 14.6. The van der Waals surface area contributed by atoms with Crippen LogP contribution in [0.2, 0.25) is 5.02 Å². The summed E-state index contributed by atoms with van der Waals surface area (Å²) in [5.74, 6) is 0.874. The fraction of sp³-hybridized carbons (Fsp3) is 0.562. The number of nitrogens with zero attached hydrogens (tertiary/aromatic N) is 1. The number of halogens is 1. The molecule has 0 saturated carbocycles. The Morgan fingerprint density at radius 3 is 2.47 bits per heavy atom. The van der Waals surface area contributed by atoms with Crippen molar-refractivity contribution in [1.29, 1.82) is 0 Å². The Morgan fingerprint density at radius 1 is 1.16 bits per heavy atom. The molecular formula is C16H20ClNO. The van der Waals surface area contributed by atoms with Crippen molar-refractivity contribution < 1.29 is 4.79 Å². The van der Waals surface area contributed by atoms with Crippen LogP contribution in [0.15, 0.2) is 24.3 Å². The molecule has 0 aromatic heterocycles. The number of piperidine rings is 3. The van der Waals surface area contributed by atoms with Crippen molar-refractivity contribution in [1.82, 2.24) is 4.90 Å². The molecule has 3 aliphatic rings. The first-order valence-electron chi connectivity index (χ1n) is 7.26. The van der Waals surface area contributed by atoms with Crippen LogP contribution in [-0.4, -0.2) is 29.8 Å². The first-order valence-corrected chi connectivity index (χ1v) is 7.64. The lowest BCUT2D eigenvalue weighted by Gasteiger charge is -2.44. The predicted octanol–water partition coefficient (Wildman–Crippen LogP) is 3.33. The zero-order valence-corrected chi connectivity index (χ0v) is 11.9. The summed E-state index contributed by atoms with van der Waals surface area (Å²) in [6.07, 6.45) is 5.32. The highest BCUT2D eigenvalue weighted by molar-refractivity contribution is 6.30. The second-order valence-electron chi connectivity index (χ2n) is 5.75. The third kappa shape index (κ3) is 2.85. The van der Waals surface area contributed by atoms with Gasteiger partial charge in [0.05, 0.1) is 6.04 Å². The highest BCUT2D eigenvalue weighted by atomic mass is 35.5. The molecule has 2 nitrogen and oxygen atoms in total. The molecule has 3 heterocycles. The van der Waals surface area contributed by atoms with E-state index in [-0.39, 0.29) is 6.04 Å². The summed E-state index contributed by atoms with van der Waals surface area (Å²) in [5, 5.41) is 0.787. The van der Waals surface area contributed by atoms with Crippen LogP contribution in [0.25, 0.3) is 0 Å². The van der Waals surface area contributed by atoms with Crippen molar-refractivity contribution in [2.45, 2.75) is 38.1 Å². The van der Waals surface area contributed by atoms with E-state index >= 15 is 0 Å². The highest BCUT2D eigenvalue weighted by Crippen LogP contribution is 2.31. The normalized spacial score (nSPS) is 29.7. The molecule has 3 saturated heterocycles. The molecule has 1 atom stereocenters. The van der Waals surface area contributed by atoms with Gasteiger partial charge in [-0.05, 0) is 62.9 Å². The SMILES string of the molecule is O=C1C2CCN(CC2)[C@H]1CCCc1ccc(Cl)cc1. The van der Waals surface area contributed by atoms with Crippen molar-refractivity contribution in [2.75, 3.05) is 13.1 Å². The number of Topliss-reactive ketones (excluding diaryl/α,β-unsaturated/α-hetero) is 1. The number of carbonyl (C=O) groups is 1. The summed E-state index contributed by atoms with van der Waals surface area (Å²) in [6.45, 7) is 2.25. The molecule has 0 aliphatic carbocycles. The molecule has 0 amide bonds. The molecule has 1 aromatic carbocycles. The monoisotopic (exact) mass is 277 g/mol. The number of benzene rings is 1. The lowest BCUT2D eigenvalue weighted by atomic mass is 9.80. The maximum absolute atomic E-state index is 12.2. The van der Waals surface area contributed by atoms with Gasteiger partial charge in [-0.15, -0.1) is 0 Å². The van der Waals surface area contributed by atoms with Crippen molar-refractivity contribution in [3.8, 4) is 0 Å². The van der Waals surface area contributed by atoms with Gasteiger partial charge in [0.1, 0.15) is 0 Å². The molecule has 4 rings (SSSR count). The van der Waals surface area contributed by atoms with Crippen molar-refractivity contribution in [3.63, 3.8) is 0 Å². The minimum absolute atomic E-state index is 0.208. The van der Waals surface area contributed by atoms with E-state index in [1.54, 1.807) is 0 Å². The molecule has 0 N–H and O–H groups in total. The van der Waals surface area contributed by atoms with Gasteiger partial charge >= 0.3 is 0 Å². The largest absolute Gasteiger partial charge is 0.298 e. The van der Waals surface area contributed by atoms with Gasteiger partial charge in [-0.25, -0.2) is 0 Å². The molecule has 0 radical (unpaired) electrons. The molecule has 102 valence electrons. The van der Waals surface area contributed by atoms with E-state index < -0.39 is 0 Å². The van der Waals surface area contributed by atoms with E-state index in [4.69, 9.17) is 11.6 Å². The van der Waals surface area contributed by atoms with Crippen LogP contribution in [0.4, 0.5) is 0 Å². The zero-order chi connectivity index (χ0) is 13.2. The maximum Gasteiger partial charge on any atom is 0.153 e. The van der Waals surface area contributed by atoms with Crippen LogP contribution in [0.5, 0.6) is 0 Å². The van der Waals surface area contributed by atoms with Crippen LogP contribution in [0.3, 0.4) is 0 Å². The summed E-state index contributed by atoms with van der Waals surface area (Å²) in [6, 6.07) is 8.25. The van der Waals surface area contributed by atoms with Crippen LogP contribution >= 0.6 is 11.6 Å². The third-order valence-electron chi connectivity index (χ3n) is 4.56. The van der Waals surface area contributed by atoms with Crippen LogP contribution in [0.1, 0.15) is 31.2 Å². The van der Waals surface area contributed by atoms with Crippen LogP contribution in [0, 0.1) is 5.92 Å². The van der Waals surface area contributed by atoms with Gasteiger partial charge in [0.25, 0.3) is 0 Å². The molecular weight excluding hydrogens is 258 g/mol. The van der Waals surface area contributed by atoms with Crippen molar-refractivity contribution >= 4 is 17.4 Å². The van der Waals surface area contributed by atoms with Crippen LogP contribution in [-0.2, 0) is 11.2 Å². The second kappa shape index (κ2) is 5.64. The van der Waals surface area contributed by atoms with Gasteiger partial charge < -0.3 is 0 Å². The quantitative estimate of drug-likeness (QED) is 0.841. The van der Waals surface area contributed by atoms with E-state index in [1.165, 1.54) is 5.56 Å². The van der Waals surface area contributed by atoms with Gasteiger partial charge in [-0.1, -0.05) is 23.7 Å². The second-order valence-corrected chi connectivity index (χ2v) is 6.18. The Bertz CT molecular complexity index is 448. The number of fused-ring (bicyclic) bond motifs is 3. The van der Waals surface area contributed by atoms with Gasteiger partial charge in [-0.2, -0.15) is 0 Å². The molecule has 19 heavy (non-hydrogen) atoms. The standard InChI is InChI=1S/C16H20ClNO/c17-14-6-4-12(5-7-14)2-1-3-15-16(19)13-8-10-18(15)11-9-13/h4-7,13,15H,1-3,8-11H2/t15-/m0/s1. The average Bonchev–Trinajstić information content (AvgIpc) is 2.45. The van der Waals surface area contributed by atoms with E-state index in [1.807, 2.05) is 12.1 Å².